The summed E-state index contributed by atoms with van der Waals surface area (Å²) in [7, 11) is 4.55. The number of aliphatic hydroxyl groups excluding tert-OH is 1. The molecule has 0 aliphatic carbocycles. The Morgan fingerprint density at radius 2 is 1.73 bits per heavy atom. The molecule has 1 radical (unpaired) electrons. The average molecular weight is 417 g/mol. The summed E-state index contributed by atoms with van der Waals surface area (Å²) in [5, 5.41) is 8.37. The van der Waals surface area contributed by atoms with E-state index in [9.17, 15) is 0 Å². The van der Waals surface area contributed by atoms with Gasteiger partial charge in [-0.3, -0.25) is 0 Å². The predicted molar refractivity (Wildman–Crippen MR) is 66.4 cm³/mol. The molecule has 0 aliphatic heterocycles. The number of hydrogen-bond acceptors (Lipinski definition) is 8. The summed E-state index contributed by atoms with van der Waals surface area (Å²) < 4.78 is 15.1. The molecular weight excluding hydrogens is 403 g/mol. The minimum Gasteiger partial charge on any atom is -0.394 e. The third kappa shape index (κ3) is 19.0. The Kier molecular flexibility index (Phi) is 24.8. The van der Waals surface area contributed by atoms with E-state index in [0.29, 0.717) is 25.8 Å². The molecule has 4 nitrogen and oxygen atoms in total. The van der Waals surface area contributed by atoms with Crippen LogP contribution in [0.25, 0.3) is 0 Å². The van der Waals surface area contributed by atoms with E-state index in [0.717, 1.165) is 0 Å². The summed E-state index contributed by atoms with van der Waals surface area (Å²) in [6.45, 7) is 1.60. The van der Waals surface area contributed by atoms with Gasteiger partial charge >= 0.3 is 0 Å². The van der Waals surface area contributed by atoms with Crippen LogP contribution in [-0.2, 0) is 14.2 Å². The molecule has 0 unspecified atom stereocenters. The van der Waals surface area contributed by atoms with Gasteiger partial charge in [0.05, 0.1) is 26.4 Å². The Bertz CT molecular complexity index is 101. The van der Waals surface area contributed by atoms with Crippen LogP contribution in [0.5, 0.6) is 0 Å². The largest absolute Gasteiger partial charge is 0.394 e. The van der Waals surface area contributed by atoms with Crippen molar-refractivity contribution >= 4 is 42.1 Å². The Hall–Kier alpha value is 2.43. The second-order valence-electron chi connectivity index (χ2n) is 1.94. The van der Waals surface area contributed by atoms with Gasteiger partial charge in [-0.2, -0.15) is 0 Å². The predicted octanol–water partition coefficient (Wildman–Crippen LogP) is 1.82. The first-order chi connectivity index (χ1) is 6.91. The number of ether oxygens (including phenoxy) is 3. The fraction of sp³-hybridized carbons (Fsp3) is 1.00. The van der Waals surface area contributed by atoms with Gasteiger partial charge in [0.1, 0.15) is 12.7 Å². The number of thiol groups is 1. The van der Waals surface area contributed by atoms with E-state index < -0.39 is 0 Å². The number of rotatable bonds is 11. The van der Waals surface area contributed by atoms with Gasteiger partial charge in [0.25, 0.3) is 0 Å². The molecule has 0 atom stereocenters. The van der Waals surface area contributed by atoms with E-state index in [1.165, 1.54) is 9.83 Å². The molecule has 89 valence electrons. The van der Waals surface area contributed by atoms with Crippen molar-refractivity contribution in [3.05, 3.63) is 0 Å². The number of hydrogen-bond donors (Lipinski definition) is 2. The zero-order chi connectivity index (χ0) is 10.5. The van der Waals surface area contributed by atoms with Gasteiger partial charge in [0, 0.05) is 35.6 Å². The Labute approximate surface area is 135 Å². The fourth-order valence-electron chi connectivity index (χ4n) is 0.493. The van der Waals surface area contributed by atoms with Gasteiger partial charge in [-0.1, -0.05) is 22.5 Å². The van der Waals surface area contributed by atoms with Crippen LogP contribution in [0, 0.1) is 35.6 Å². The first-order valence-corrected chi connectivity index (χ1v) is 8.56. The zero-order valence-corrected chi connectivity index (χ0v) is 15.1. The molecule has 0 fully saturated rings. The third-order valence-electron chi connectivity index (χ3n) is 0.984. The van der Waals surface area contributed by atoms with Crippen molar-refractivity contribution in [3.8, 4) is 0 Å². The molecule has 0 rings (SSSR count). The first kappa shape index (κ1) is 19.8. The first-order valence-electron chi connectivity index (χ1n) is 3.85. The molecule has 0 saturated heterocycles. The van der Waals surface area contributed by atoms with Gasteiger partial charge < -0.3 is 19.3 Å². The molecule has 0 heterocycles. The van der Waals surface area contributed by atoms with Crippen molar-refractivity contribution < 1.29 is 54.9 Å². The van der Waals surface area contributed by atoms with Crippen molar-refractivity contribution in [2.24, 2.45) is 0 Å². The summed E-state index contributed by atoms with van der Waals surface area (Å²) in [5.41, 5.74) is 0. The Morgan fingerprint density at radius 1 is 1.07 bits per heavy atom. The van der Waals surface area contributed by atoms with Crippen LogP contribution in [0.2, 0.25) is 0 Å². The Morgan fingerprint density at radius 3 is 2.40 bits per heavy atom. The third-order valence-corrected chi connectivity index (χ3v) is 5.22. The normalized spacial score (nSPS) is 10.0. The molecule has 15 heavy (non-hydrogen) atoms. The van der Waals surface area contributed by atoms with E-state index in [1.54, 1.807) is 20.6 Å². The molecule has 0 spiro atoms. The second kappa shape index (κ2) is 18.8. The van der Waals surface area contributed by atoms with Crippen LogP contribution in [0.4, 0.5) is 0 Å². The summed E-state index contributed by atoms with van der Waals surface area (Å²) in [4.78, 5) is 0. The molecule has 0 aromatic rings. The van der Waals surface area contributed by atoms with Crippen LogP contribution in [0.1, 0.15) is 0 Å². The van der Waals surface area contributed by atoms with Gasteiger partial charge in [0.15, 0.2) is 0 Å². The maximum absolute atomic E-state index is 8.37. The summed E-state index contributed by atoms with van der Waals surface area (Å²) in [5.74, 6) is 0.624. The SMILES string of the molecule is OCCOCOCCOCSSSS.[La]. The zero-order valence-electron chi connectivity index (χ0n) is 8.16. The van der Waals surface area contributed by atoms with Crippen LogP contribution >= 0.6 is 42.1 Å². The smallest absolute Gasteiger partial charge is 0.146 e. The second-order valence-corrected chi connectivity index (χ2v) is 6.83. The maximum atomic E-state index is 8.37. The summed E-state index contributed by atoms with van der Waals surface area (Å²) in [6.07, 6.45) is 0. The van der Waals surface area contributed by atoms with E-state index in [-0.39, 0.29) is 49.0 Å². The van der Waals surface area contributed by atoms with Gasteiger partial charge in [0.2, 0.25) is 0 Å². The van der Waals surface area contributed by atoms with Gasteiger partial charge in [-0.25, -0.2) is 0 Å². The molecule has 0 aliphatic rings. The minimum atomic E-state index is 0. The fourth-order valence-corrected chi connectivity index (χ4v) is 3.12. The summed E-state index contributed by atoms with van der Waals surface area (Å²) in [6, 6.07) is 0. The van der Waals surface area contributed by atoms with E-state index in [1.807, 2.05) is 0 Å². The van der Waals surface area contributed by atoms with Crippen LogP contribution in [0.3, 0.4) is 0 Å². The molecule has 1 N–H and O–H groups in total. The molecule has 0 bridgehead atoms. The Balaban J connectivity index is 0. The number of aliphatic hydroxyl groups is 1. The molecule has 0 aromatic heterocycles. The quantitative estimate of drug-likeness (QED) is 0.230. The minimum absolute atomic E-state index is 0. The molecule has 0 amide bonds. The van der Waals surface area contributed by atoms with Crippen molar-refractivity contribution in [2.45, 2.75) is 0 Å². The van der Waals surface area contributed by atoms with Crippen molar-refractivity contribution in [2.75, 3.05) is 39.2 Å². The maximum Gasteiger partial charge on any atom is 0.146 e. The van der Waals surface area contributed by atoms with Crippen molar-refractivity contribution in [1.29, 1.82) is 0 Å². The van der Waals surface area contributed by atoms with Crippen LogP contribution < -0.4 is 0 Å². The molecule has 0 aromatic carbocycles. The summed E-state index contributed by atoms with van der Waals surface area (Å²) >= 11 is 3.95. The van der Waals surface area contributed by atoms with E-state index >= 15 is 0 Å². The van der Waals surface area contributed by atoms with Crippen LogP contribution in [0.15, 0.2) is 0 Å². The van der Waals surface area contributed by atoms with Crippen molar-refractivity contribution in [3.63, 3.8) is 0 Å². The molecule has 9 heteroatoms. The molecular formula is C6H14LaO4S4. The van der Waals surface area contributed by atoms with E-state index in [4.69, 9.17) is 19.3 Å². The monoisotopic (exact) mass is 417 g/mol. The average Bonchev–Trinajstić information content (AvgIpc) is 2.21. The standard InChI is InChI=1S/C6H14O4S4.La/c7-1-2-8-5-9-3-4-10-6-12-14-13-11;/h7,11H,1-6H2;. The van der Waals surface area contributed by atoms with E-state index in [2.05, 4.69) is 11.7 Å². The topological polar surface area (TPSA) is 47.9 Å². The van der Waals surface area contributed by atoms with Crippen molar-refractivity contribution in [1.82, 2.24) is 0 Å². The van der Waals surface area contributed by atoms with Gasteiger partial charge in [-0.15, -0.1) is 0 Å². The van der Waals surface area contributed by atoms with Crippen LogP contribution in [-0.4, -0.2) is 44.3 Å². The van der Waals surface area contributed by atoms with Gasteiger partial charge in [-0.05, 0) is 19.7 Å². The molecule has 0 saturated carbocycles.